The van der Waals surface area contributed by atoms with Crippen LogP contribution in [0.5, 0.6) is 5.75 Å². The van der Waals surface area contributed by atoms with Gasteiger partial charge in [0.15, 0.2) is 5.78 Å². The molecule has 0 fully saturated rings. The SMILES string of the molecule is COc1ccc(C(=O)CCOCCC(C)C)cc1. The van der Waals surface area contributed by atoms with Gasteiger partial charge < -0.3 is 9.47 Å². The molecule has 3 heteroatoms. The van der Waals surface area contributed by atoms with Gasteiger partial charge >= 0.3 is 0 Å². The van der Waals surface area contributed by atoms with Crippen LogP contribution in [-0.2, 0) is 4.74 Å². The third-order valence-electron chi connectivity index (χ3n) is 2.72. The number of ketones is 1. The fourth-order valence-electron chi connectivity index (χ4n) is 1.51. The maximum atomic E-state index is 11.8. The minimum Gasteiger partial charge on any atom is -0.497 e. The first-order valence-corrected chi connectivity index (χ1v) is 6.38. The van der Waals surface area contributed by atoms with Crippen molar-refractivity contribution in [1.82, 2.24) is 0 Å². The standard InChI is InChI=1S/C15H22O3/c1-12(2)8-10-18-11-9-15(16)13-4-6-14(17-3)7-5-13/h4-7,12H,8-11H2,1-3H3. The zero-order valence-corrected chi connectivity index (χ0v) is 11.4. The molecule has 0 atom stereocenters. The highest BCUT2D eigenvalue weighted by molar-refractivity contribution is 5.96. The second-order valence-electron chi connectivity index (χ2n) is 4.70. The molecule has 0 saturated heterocycles. The van der Waals surface area contributed by atoms with Crippen molar-refractivity contribution in [3.05, 3.63) is 29.8 Å². The molecule has 0 aliphatic heterocycles. The van der Waals surface area contributed by atoms with Gasteiger partial charge in [0, 0.05) is 18.6 Å². The maximum absolute atomic E-state index is 11.8. The number of Topliss-reactive ketones (excluding diaryl/α,β-unsaturated/α-hetero) is 1. The van der Waals surface area contributed by atoms with Gasteiger partial charge in [-0.05, 0) is 36.6 Å². The van der Waals surface area contributed by atoms with Crippen LogP contribution in [0.4, 0.5) is 0 Å². The van der Waals surface area contributed by atoms with Crippen molar-refractivity contribution in [1.29, 1.82) is 0 Å². The van der Waals surface area contributed by atoms with Gasteiger partial charge in [-0.25, -0.2) is 0 Å². The average Bonchev–Trinajstić information content (AvgIpc) is 2.38. The molecule has 0 unspecified atom stereocenters. The van der Waals surface area contributed by atoms with E-state index >= 15 is 0 Å². The van der Waals surface area contributed by atoms with E-state index in [0.29, 0.717) is 24.5 Å². The van der Waals surface area contributed by atoms with Crippen LogP contribution in [0.15, 0.2) is 24.3 Å². The van der Waals surface area contributed by atoms with E-state index in [-0.39, 0.29) is 5.78 Å². The van der Waals surface area contributed by atoms with Crippen molar-refractivity contribution in [3.8, 4) is 5.75 Å². The van der Waals surface area contributed by atoms with Gasteiger partial charge in [0.1, 0.15) is 5.75 Å². The van der Waals surface area contributed by atoms with E-state index in [0.717, 1.165) is 18.8 Å². The van der Waals surface area contributed by atoms with E-state index in [1.54, 1.807) is 31.4 Å². The highest BCUT2D eigenvalue weighted by Gasteiger charge is 2.05. The van der Waals surface area contributed by atoms with Crippen LogP contribution in [0.2, 0.25) is 0 Å². The van der Waals surface area contributed by atoms with Crippen molar-refractivity contribution >= 4 is 5.78 Å². The van der Waals surface area contributed by atoms with Gasteiger partial charge in [-0.3, -0.25) is 4.79 Å². The Hall–Kier alpha value is -1.35. The van der Waals surface area contributed by atoms with Crippen LogP contribution in [0.1, 0.15) is 37.0 Å². The van der Waals surface area contributed by atoms with Crippen LogP contribution in [0.25, 0.3) is 0 Å². The first-order chi connectivity index (χ1) is 8.63. The monoisotopic (exact) mass is 250 g/mol. The summed E-state index contributed by atoms with van der Waals surface area (Å²) < 4.78 is 10.5. The summed E-state index contributed by atoms with van der Waals surface area (Å²) in [6.07, 6.45) is 1.47. The first kappa shape index (κ1) is 14.7. The summed E-state index contributed by atoms with van der Waals surface area (Å²) in [5, 5.41) is 0. The highest BCUT2D eigenvalue weighted by Crippen LogP contribution is 2.12. The molecule has 0 saturated carbocycles. The topological polar surface area (TPSA) is 35.5 Å². The van der Waals surface area contributed by atoms with Gasteiger partial charge in [-0.1, -0.05) is 13.8 Å². The van der Waals surface area contributed by atoms with Gasteiger partial charge in [0.25, 0.3) is 0 Å². The normalized spacial score (nSPS) is 10.7. The summed E-state index contributed by atoms with van der Waals surface area (Å²) in [5.74, 6) is 1.52. The second kappa shape index (κ2) is 7.88. The summed E-state index contributed by atoms with van der Waals surface area (Å²) in [6, 6.07) is 7.17. The molecule has 3 nitrogen and oxygen atoms in total. The third-order valence-corrected chi connectivity index (χ3v) is 2.72. The van der Waals surface area contributed by atoms with Crippen molar-refractivity contribution in [2.24, 2.45) is 5.92 Å². The van der Waals surface area contributed by atoms with Crippen molar-refractivity contribution in [2.75, 3.05) is 20.3 Å². The average molecular weight is 250 g/mol. The predicted molar refractivity (Wildman–Crippen MR) is 72.2 cm³/mol. The van der Waals surface area contributed by atoms with Crippen molar-refractivity contribution in [2.45, 2.75) is 26.7 Å². The van der Waals surface area contributed by atoms with E-state index in [1.807, 2.05) is 0 Å². The zero-order chi connectivity index (χ0) is 13.4. The van der Waals surface area contributed by atoms with E-state index in [1.165, 1.54) is 0 Å². The van der Waals surface area contributed by atoms with E-state index in [4.69, 9.17) is 9.47 Å². The van der Waals surface area contributed by atoms with Crippen molar-refractivity contribution < 1.29 is 14.3 Å². The number of carbonyl (C=O) groups is 1. The molecule has 1 rings (SSSR count). The molecule has 100 valence electrons. The Labute approximate surface area is 109 Å². The second-order valence-corrected chi connectivity index (χ2v) is 4.70. The Morgan fingerprint density at radius 2 is 1.83 bits per heavy atom. The number of benzene rings is 1. The summed E-state index contributed by atoms with van der Waals surface area (Å²) in [5.41, 5.74) is 0.711. The van der Waals surface area contributed by atoms with Gasteiger partial charge in [-0.2, -0.15) is 0 Å². The smallest absolute Gasteiger partial charge is 0.165 e. The lowest BCUT2D eigenvalue weighted by Gasteiger charge is -2.06. The van der Waals surface area contributed by atoms with E-state index in [2.05, 4.69) is 13.8 Å². The summed E-state index contributed by atoms with van der Waals surface area (Å²) in [7, 11) is 1.61. The minimum absolute atomic E-state index is 0.113. The minimum atomic E-state index is 0.113. The van der Waals surface area contributed by atoms with Gasteiger partial charge in [0.2, 0.25) is 0 Å². The molecule has 0 N–H and O–H groups in total. The molecular formula is C15H22O3. The van der Waals surface area contributed by atoms with Crippen LogP contribution in [0, 0.1) is 5.92 Å². The Morgan fingerprint density at radius 1 is 1.17 bits per heavy atom. The third kappa shape index (κ3) is 5.32. The number of hydrogen-bond acceptors (Lipinski definition) is 3. The Balaban J connectivity index is 2.27. The Morgan fingerprint density at radius 3 is 2.39 bits per heavy atom. The molecule has 0 radical (unpaired) electrons. The Kier molecular flexibility index (Phi) is 6.44. The highest BCUT2D eigenvalue weighted by atomic mass is 16.5. The lowest BCUT2D eigenvalue weighted by atomic mass is 10.1. The molecule has 0 aromatic heterocycles. The fraction of sp³-hybridized carbons (Fsp3) is 0.533. The van der Waals surface area contributed by atoms with Crippen LogP contribution >= 0.6 is 0 Å². The Bertz CT molecular complexity index is 355. The van der Waals surface area contributed by atoms with Crippen LogP contribution in [-0.4, -0.2) is 26.1 Å². The predicted octanol–water partition coefficient (Wildman–Crippen LogP) is 3.33. The molecule has 0 heterocycles. The van der Waals surface area contributed by atoms with Crippen LogP contribution in [0.3, 0.4) is 0 Å². The summed E-state index contributed by atoms with van der Waals surface area (Å²) >= 11 is 0. The molecule has 1 aromatic carbocycles. The number of rotatable bonds is 8. The lowest BCUT2D eigenvalue weighted by Crippen LogP contribution is -2.06. The van der Waals surface area contributed by atoms with Gasteiger partial charge in [-0.15, -0.1) is 0 Å². The quantitative estimate of drug-likeness (QED) is 0.524. The van der Waals surface area contributed by atoms with Crippen molar-refractivity contribution in [3.63, 3.8) is 0 Å². The number of methoxy groups -OCH3 is 1. The zero-order valence-electron chi connectivity index (χ0n) is 11.4. The summed E-state index contributed by atoms with van der Waals surface area (Å²) in [6.45, 7) is 5.54. The summed E-state index contributed by atoms with van der Waals surface area (Å²) in [4.78, 5) is 11.8. The largest absolute Gasteiger partial charge is 0.497 e. The molecule has 0 spiro atoms. The molecule has 0 amide bonds. The molecule has 0 aliphatic rings. The molecular weight excluding hydrogens is 228 g/mol. The first-order valence-electron chi connectivity index (χ1n) is 6.38. The van der Waals surface area contributed by atoms with Crippen LogP contribution < -0.4 is 4.74 Å². The van der Waals surface area contributed by atoms with E-state index < -0.39 is 0 Å². The molecule has 0 bridgehead atoms. The van der Waals surface area contributed by atoms with Gasteiger partial charge in [0.05, 0.1) is 13.7 Å². The fourth-order valence-corrected chi connectivity index (χ4v) is 1.51. The number of carbonyl (C=O) groups excluding carboxylic acids is 1. The maximum Gasteiger partial charge on any atom is 0.165 e. The molecule has 0 aliphatic carbocycles. The van der Waals surface area contributed by atoms with E-state index in [9.17, 15) is 4.79 Å². The number of hydrogen-bond donors (Lipinski definition) is 0. The number of ether oxygens (including phenoxy) is 2. The molecule has 1 aromatic rings. The lowest BCUT2D eigenvalue weighted by molar-refractivity contribution is 0.0861. The molecule has 18 heavy (non-hydrogen) atoms.